The number of hydrogen-bond donors (Lipinski definition) is 1. The number of aliphatic hydroxyl groups excluding tert-OH is 1. The van der Waals surface area contributed by atoms with Gasteiger partial charge < -0.3 is 5.11 Å². The molecule has 0 heterocycles. The minimum Gasteiger partial charge on any atom is -0.393 e. The molecular formula is C11H13ClO. The smallest absolute Gasteiger partial charge is 0.0546 e. The summed E-state index contributed by atoms with van der Waals surface area (Å²) >= 11 is 6.05. The maximum atomic E-state index is 9.37. The molecule has 0 amide bonds. The molecule has 1 nitrogen and oxygen atoms in total. The molecule has 0 spiro atoms. The lowest BCUT2D eigenvalue weighted by Gasteiger charge is -2.04. The molecule has 1 N–H and O–H groups in total. The van der Waals surface area contributed by atoms with Gasteiger partial charge in [0.1, 0.15) is 0 Å². The molecule has 0 aromatic heterocycles. The van der Waals surface area contributed by atoms with E-state index < -0.39 is 0 Å². The fraction of sp³-hybridized carbons (Fsp3) is 0.455. The van der Waals surface area contributed by atoms with E-state index in [0.29, 0.717) is 11.8 Å². The summed E-state index contributed by atoms with van der Waals surface area (Å²) in [6, 6.07) is 7.90. The second kappa shape index (κ2) is 3.32. The van der Waals surface area contributed by atoms with Crippen LogP contribution in [0.15, 0.2) is 24.3 Å². The number of rotatable bonds is 2. The molecule has 13 heavy (non-hydrogen) atoms. The van der Waals surface area contributed by atoms with Crippen molar-refractivity contribution in [3.63, 3.8) is 0 Å². The Hall–Kier alpha value is -0.530. The zero-order valence-corrected chi connectivity index (χ0v) is 8.33. The second-order valence-electron chi connectivity index (χ2n) is 3.77. The van der Waals surface area contributed by atoms with Gasteiger partial charge in [-0.3, -0.25) is 0 Å². The third kappa shape index (κ3) is 1.72. The van der Waals surface area contributed by atoms with Crippen LogP contribution in [0, 0.1) is 5.92 Å². The van der Waals surface area contributed by atoms with Crippen LogP contribution in [-0.4, -0.2) is 11.2 Å². The lowest BCUT2D eigenvalue weighted by atomic mass is 10.1. The molecule has 0 saturated heterocycles. The molecule has 0 bridgehead atoms. The highest BCUT2D eigenvalue weighted by atomic mass is 35.5. The fourth-order valence-corrected chi connectivity index (χ4v) is 2.16. The van der Waals surface area contributed by atoms with Crippen molar-refractivity contribution in [3.8, 4) is 0 Å². The molecule has 1 fully saturated rings. The first-order valence-corrected chi connectivity index (χ1v) is 5.00. The van der Waals surface area contributed by atoms with Crippen LogP contribution >= 0.6 is 11.6 Å². The number of aliphatic hydroxyl groups is 1. The van der Waals surface area contributed by atoms with E-state index in [1.807, 2.05) is 25.1 Å². The molecule has 0 unspecified atom stereocenters. The van der Waals surface area contributed by atoms with Gasteiger partial charge in [-0.25, -0.2) is 0 Å². The van der Waals surface area contributed by atoms with Crippen LogP contribution in [0.2, 0.25) is 5.02 Å². The molecule has 0 aliphatic heterocycles. The predicted molar refractivity (Wildman–Crippen MR) is 54.0 cm³/mol. The Labute approximate surface area is 83.3 Å². The van der Waals surface area contributed by atoms with Gasteiger partial charge in [0.15, 0.2) is 0 Å². The van der Waals surface area contributed by atoms with Crippen LogP contribution in [0.5, 0.6) is 0 Å². The van der Waals surface area contributed by atoms with E-state index in [1.165, 1.54) is 5.56 Å². The van der Waals surface area contributed by atoms with E-state index in [4.69, 9.17) is 11.6 Å². The topological polar surface area (TPSA) is 20.2 Å². The Bertz CT molecular complexity index is 309. The second-order valence-corrected chi connectivity index (χ2v) is 4.18. The summed E-state index contributed by atoms with van der Waals surface area (Å²) < 4.78 is 0. The van der Waals surface area contributed by atoms with Crippen molar-refractivity contribution >= 4 is 11.6 Å². The SMILES string of the molecule is C[C@@H](O)[C@@H]1C[C@@H]1c1ccccc1Cl. The summed E-state index contributed by atoms with van der Waals surface area (Å²) in [7, 11) is 0. The van der Waals surface area contributed by atoms with Crippen molar-refractivity contribution < 1.29 is 5.11 Å². The van der Waals surface area contributed by atoms with Crippen LogP contribution in [0.25, 0.3) is 0 Å². The molecule has 0 radical (unpaired) electrons. The van der Waals surface area contributed by atoms with Crippen molar-refractivity contribution in [2.45, 2.75) is 25.4 Å². The average molecular weight is 197 g/mol. The summed E-state index contributed by atoms with van der Waals surface area (Å²) in [6.07, 6.45) is 0.864. The van der Waals surface area contributed by atoms with Crippen molar-refractivity contribution in [2.75, 3.05) is 0 Å². The van der Waals surface area contributed by atoms with E-state index >= 15 is 0 Å². The first-order valence-electron chi connectivity index (χ1n) is 4.62. The van der Waals surface area contributed by atoms with Crippen LogP contribution < -0.4 is 0 Å². The maximum Gasteiger partial charge on any atom is 0.0546 e. The monoisotopic (exact) mass is 196 g/mol. The minimum atomic E-state index is -0.207. The third-order valence-corrected chi connectivity index (χ3v) is 3.11. The zero-order chi connectivity index (χ0) is 9.42. The van der Waals surface area contributed by atoms with Gasteiger partial charge in [-0.2, -0.15) is 0 Å². The van der Waals surface area contributed by atoms with Gasteiger partial charge in [-0.1, -0.05) is 29.8 Å². The van der Waals surface area contributed by atoms with Crippen LogP contribution in [0.4, 0.5) is 0 Å². The molecule has 1 aromatic rings. The molecular weight excluding hydrogens is 184 g/mol. The van der Waals surface area contributed by atoms with E-state index in [-0.39, 0.29) is 6.10 Å². The third-order valence-electron chi connectivity index (χ3n) is 2.76. The molecule has 1 aliphatic rings. The number of benzene rings is 1. The molecule has 1 aliphatic carbocycles. The largest absolute Gasteiger partial charge is 0.393 e. The van der Waals surface area contributed by atoms with Gasteiger partial charge in [-0.15, -0.1) is 0 Å². The van der Waals surface area contributed by atoms with Crippen LogP contribution in [0.1, 0.15) is 24.8 Å². The highest BCUT2D eigenvalue weighted by Gasteiger charge is 2.42. The number of halogens is 1. The average Bonchev–Trinajstić information content (AvgIpc) is 2.84. The van der Waals surface area contributed by atoms with Crippen molar-refractivity contribution in [2.24, 2.45) is 5.92 Å². The lowest BCUT2D eigenvalue weighted by molar-refractivity contribution is 0.169. The van der Waals surface area contributed by atoms with Crippen LogP contribution in [0.3, 0.4) is 0 Å². The Morgan fingerprint density at radius 2 is 2.15 bits per heavy atom. The van der Waals surface area contributed by atoms with E-state index in [1.54, 1.807) is 0 Å². The summed E-state index contributed by atoms with van der Waals surface area (Å²) in [5, 5.41) is 10.2. The van der Waals surface area contributed by atoms with Gasteiger partial charge in [0.2, 0.25) is 0 Å². The summed E-state index contributed by atoms with van der Waals surface area (Å²) in [5.74, 6) is 0.897. The summed E-state index contributed by atoms with van der Waals surface area (Å²) in [5.41, 5.74) is 1.19. The molecule has 2 heteroatoms. The molecule has 2 rings (SSSR count). The van der Waals surface area contributed by atoms with Crippen molar-refractivity contribution in [1.29, 1.82) is 0 Å². The van der Waals surface area contributed by atoms with E-state index in [9.17, 15) is 5.11 Å². The Kier molecular flexibility index (Phi) is 2.31. The van der Waals surface area contributed by atoms with Crippen molar-refractivity contribution in [3.05, 3.63) is 34.9 Å². The highest BCUT2D eigenvalue weighted by molar-refractivity contribution is 6.31. The van der Waals surface area contributed by atoms with Gasteiger partial charge in [0, 0.05) is 5.02 Å². The molecule has 1 aromatic carbocycles. The first-order chi connectivity index (χ1) is 6.20. The predicted octanol–water partition coefficient (Wildman–Crippen LogP) is 2.82. The Morgan fingerprint density at radius 1 is 1.46 bits per heavy atom. The molecule has 1 saturated carbocycles. The summed E-state index contributed by atoms with van der Waals surface area (Å²) in [6.45, 7) is 1.85. The molecule has 70 valence electrons. The first kappa shape index (κ1) is 9.04. The van der Waals surface area contributed by atoms with E-state index in [2.05, 4.69) is 6.07 Å². The van der Waals surface area contributed by atoms with Crippen LogP contribution in [-0.2, 0) is 0 Å². The highest BCUT2D eigenvalue weighted by Crippen LogP contribution is 2.51. The molecule has 3 atom stereocenters. The normalized spacial score (nSPS) is 28.5. The maximum absolute atomic E-state index is 9.37. The summed E-state index contributed by atoms with van der Waals surface area (Å²) in [4.78, 5) is 0. The zero-order valence-electron chi connectivity index (χ0n) is 7.57. The Morgan fingerprint density at radius 3 is 2.69 bits per heavy atom. The lowest BCUT2D eigenvalue weighted by Crippen LogP contribution is -2.03. The van der Waals surface area contributed by atoms with Gasteiger partial charge >= 0.3 is 0 Å². The quantitative estimate of drug-likeness (QED) is 0.772. The number of hydrogen-bond acceptors (Lipinski definition) is 1. The van der Waals surface area contributed by atoms with Gasteiger partial charge in [-0.05, 0) is 36.8 Å². The Balaban J connectivity index is 2.16. The van der Waals surface area contributed by atoms with Crippen molar-refractivity contribution in [1.82, 2.24) is 0 Å². The fourth-order valence-electron chi connectivity index (χ4n) is 1.88. The minimum absolute atomic E-state index is 0.207. The van der Waals surface area contributed by atoms with Gasteiger partial charge in [0.05, 0.1) is 6.10 Å². The van der Waals surface area contributed by atoms with E-state index in [0.717, 1.165) is 11.4 Å². The standard InChI is InChI=1S/C11H13ClO/c1-7(13)9-6-10(9)8-4-2-3-5-11(8)12/h2-5,7,9-10,13H,6H2,1H3/t7-,9+,10-/m1/s1. The van der Waals surface area contributed by atoms with Gasteiger partial charge in [0.25, 0.3) is 0 Å².